The van der Waals surface area contributed by atoms with Gasteiger partial charge in [0.15, 0.2) is 11.2 Å². The van der Waals surface area contributed by atoms with E-state index in [0.717, 1.165) is 0 Å². The maximum atomic E-state index is 5.22. The summed E-state index contributed by atoms with van der Waals surface area (Å²) < 4.78 is 6.97. The second kappa shape index (κ2) is 4.15. The molecule has 7 nitrogen and oxygen atoms in total. The fraction of sp³-hybridized carbons (Fsp3) is 0.600. The van der Waals surface area contributed by atoms with Gasteiger partial charge in [0, 0.05) is 14.1 Å². The normalized spacial score (nSPS) is 11.2. The van der Waals surface area contributed by atoms with E-state index in [-0.39, 0.29) is 6.04 Å². The van der Waals surface area contributed by atoms with E-state index in [9.17, 15) is 0 Å². The molecular weight excluding hydrogens is 220 g/mol. The van der Waals surface area contributed by atoms with E-state index < -0.39 is 0 Å². The molecule has 0 amide bonds. The van der Waals surface area contributed by atoms with Gasteiger partial charge in [-0.2, -0.15) is 9.97 Å². The first kappa shape index (κ1) is 11.6. The highest BCUT2D eigenvalue weighted by molar-refractivity contribution is 5.77. The summed E-state index contributed by atoms with van der Waals surface area (Å²) in [6.07, 6.45) is 0. The van der Waals surface area contributed by atoms with Crippen LogP contribution in [0.4, 0.5) is 5.95 Å². The Morgan fingerprint density at radius 1 is 1.24 bits per heavy atom. The van der Waals surface area contributed by atoms with Crippen molar-refractivity contribution in [2.24, 2.45) is 0 Å². The van der Waals surface area contributed by atoms with Crippen LogP contribution in [0.5, 0.6) is 5.88 Å². The Morgan fingerprint density at radius 2 is 1.94 bits per heavy atom. The molecule has 0 bridgehead atoms. The summed E-state index contributed by atoms with van der Waals surface area (Å²) >= 11 is 0. The third-order valence-corrected chi connectivity index (χ3v) is 2.36. The zero-order valence-corrected chi connectivity index (χ0v) is 10.7. The Bertz CT molecular complexity index is 533. The molecule has 7 heteroatoms. The molecule has 0 aliphatic rings. The predicted octanol–water partition coefficient (Wildman–Crippen LogP) is 0.877. The number of aromatic nitrogens is 5. The van der Waals surface area contributed by atoms with Crippen LogP contribution >= 0.6 is 0 Å². The van der Waals surface area contributed by atoms with Gasteiger partial charge in [0.1, 0.15) is 0 Å². The number of anilines is 1. The van der Waals surface area contributed by atoms with Gasteiger partial charge in [0.05, 0.1) is 13.2 Å². The standard InChI is InChI=1S/C10H16N6O/c1-6(2)16-8-7(13-14-16)9(17-5)12-10(11-8)15(3)4/h6H,1-5H3. The average molecular weight is 236 g/mol. The lowest BCUT2D eigenvalue weighted by molar-refractivity contribution is 0.402. The second-order valence-electron chi connectivity index (χ2n) is 4.23. The summed E-state index contributed by atoms with van der Waals surface area (Å²) in [4.78, 5) is 10.5. The van der Waals surface area contributed by atoms with Gasteiger partial charge < -0.3 is 9.64 Å². The number of ether oxygens (including phenoxy) is 1. The summed E-state index contributed by atoms with van der Waals surface area (Å²) in [6.45, 7) is 4.05. The maximum Gasteiger partial charge on any atom is 0.249 e. The quantitative estimate of drug-likeness (QED) is 0.787. The topological polar surface area (TPSA) is 69.0 Å². The van der Waals surface area contributed by atoms with E-state index in [0.29, 0.717) is 23.0 Å². The van der Waals surface area contributed by atoms with Crippen molar-refractivity contribution in [2.45, 2.75) is 19.9 Å². The zero-order valence-electron chi connectivity index (χ0n) is 10.7. The van der Waals surface area contributed by atoms with Crippen molar-refractivity contribution in [1.29, 1.82) is 0 Å². The first-order valence-corrected chi connectivity index (χ1v) is 5.38. The van der Waals surface area contributed by atoms with Crippen molar-refractivity contribution < 1.29 is 4.74 Å². The van der Waals surface area contributed by atoms with Crippen molar-refractivity contribution in [3.8, 4) is 5.88 Å². The summed E-state index contributed by atoms with van der Waals surface area (Å²) in [5.74, 6) is 1.03. The summed E-state index contributed by atoms with van der Waals surface area (Å²) in [7, 11) is 5.32. The Kier molecular flexibility index (Phi) is 2.83. The average Bonchev–Trinajstić information content (AvgIpc) is 2.70. The second-order valence-corrected chi connectivity index (χ2v) is 4.23. The lowest BCUT2D eigenvalue weighted by Gasteiger charge is -2.12. The molecule has 2 aromatic heterocycles. The fourth-order valence-corrected chi connectivity index (χ4v) is 1.48. The van der Waals surface area contributed by atoms with Gasteiger partial charge in [0.2, 0.25) is 11.8 Å². The molecule has 0 N–H and O–H groups in total. The Morgan fingerprint density at radius 3 is 2.47 bits per heavy atom. The smallest absolute Gasteiger partial charge is 0.249 e. The minimum absolute atomic E-state index is 0.189. The molecule has 0 spiro atoms. The van der Waals surface area contributed by atoms with Crippen LogP contribution in [0.1, 0.15) is 19.9 Å². The molecule has 0 saturated carbocycles. The zero-order chi connectivity index (χ0) is 12.6. The number of hydrogen-bond acceptors (Lipinski definition) is 6. The van der Waals surface area contributed by atoms with Crippen molar-refractivity contribution in [1.82, 2.24) is 25.0 Å². The van der Waals surface area contributed by atoms with Crippen LogP contribution in [0.25, 0.3) is 11.2 Å². The highest BCUT2D eigenvalue weighted by Crippen LogP contribution is 2.23. The predicted molar refractivity (Wildman–Crippen MR) is 64.4 cm³/mol. The van der Waals surface area contributed by atoms with Crippen LogP contribution < -0.4 is 9.64 Å². The summed E-state index contributed by atoms with van der Waals surface area (Å²) in [5.41, 5.74) is 1.28. The summed E-state index contributed by atoms with van der Waals surface area (Å²) in [5, 5.41) is 8.13. The van der Waals surface area contributed by atoms with Gasteiger partial charge >= 0.3 is 0 Å². The number of hydrogen-bond donors (Lipinski definition) is 0. The van der Waals surface area contributed by atoms with Crippen LogP contribution in [0, 0.1) is 0 Å². The molecule has 92 valence electrons. The lowest BCUT2D eigenvalue weighted by Crippen LogP contribution is -2.14. The van der Waals surface area contributed by atoms with Crippen LogP contribution in [0.2, 0.25) is 0 Å². The minimum atomic E-state index is 0.189. The van der Waals surface area contributed by atoms with E-state index in [1.54, 1.807) is 11.8 Å². The molecule has 2 rings (SSSR count). The Labute approximate surface area is 99.4 Å². The van der Waals surface area contributed by atoms with Crippen molar-refractivity contribution in [2.75, 3.05) is 26.1 Å². The molecule has 0 aromatic carbocycles. The first-order chi connectivity index (χ1) is 8.04. The Hall–Kier alpha value is -1.92. The highest BCUT2D eigenvalue weighted by atomic mass is 16.5. The van der Waals surface area contributed by atoms with E-state index >= 15 is 0 Å². The number of fused-ring (bicyclic) bond motifs is 1. The molecule has 0 radical (unpaired) electrons. The van der Waals surface area contributed by atoms with Crippen molar-refractivity contribution in [3.63, 3.8) is 0 Å². The highest BCUT2D eigenvalue weighted by Gasteiger charge is 2.17. The minimum Gasteiger partial charge on any atom is -0.479 e. The third-order valence-electron chi connectivity index (χ3n) is 2.36. The number of methoxy groups -OCH3 is 1. The molecule has 0 fully saturated rings. The van der Waals surface area contributed by atoms with Crippen LogP contribution in [-0.4, -0.2) is 46.2 Å². The van der Waals surface area contributed by atoms with Gasteiger partial charge in [-0.25, -0.2) is 4.68 Å². The van der Waals surface area contributed by atoms with E-state index in [4.69, 9.17) is 4.74 Å². The molecule has 2 aromatic rings. The van der Waals surface area contributed by atoms with Crippen molar-refractivity contribution >= 4 is 17.1 Å². The third kappa shape index (κ3) is 1.88. The van der Waals surface area contributed by atoms with Gasteiger partial charge in [-0.05, 0) is 13.8 Å². The van der Waals surface area contributed by atoms with Gasteiger partial charge in [-0.3, -0.25) is 0 Å². The lowest BCUT2D eigenvalue weighted by atomic mass is 10.4. The molecule has 0 aliphatic heterocycles. The van der Waals surface area contributed by atoms with Crippen molar-refractivity contribution in [3.05, 3.63) is 0 Å². The molecule has 0 saturated heterocycles. The fourth-order valence-electron chi connectivity index (χ4n) is 1.48. The molecular formula is C10H16N6O. The van der Waals surface area contributed by atoms with Gasteiger partial charge in [-0.15, -0.1) is 5.10 Å². The first-order valence-electron chi connectivity index (χ1n) is 5.38. The largest absolute Gasteiger partial charge is 0.479 e. The van der Waals surface area contributed by atoms with Crippen LogP contribution in [-0.2, 0) is 0 Å². The summed E-state index contributed by atoms with van der Waals surface area (Å²) in [6, 6.07) is 0.189. The SMILES string of the molecule is COc1nc(N(C)C)nc2c1nnn2C(C)C. The molecule has 17 heavy (non-hydrogen) atoms. The van der Waals surface area contributed by atoms with Gasteiger partial charge in [-0.1, -0.05) is 5.21 Å². The maximum absolute atomic E-state index is 5.22. The van der Waals surface area contributed by atoms with Gasteiger partial charge in [0.25, 0.3) is 0 Å². The van der Waals surface area contributed by atoms with Crippen LogP contribution in [0.15, 0.2) is 0 Å². The number of rotatable bonds is 3. The molecule has 0 aliphatic carbocycles. The van der Waals surface area contributed by atoms with Crippen LogP contribution in [0.3, 0.4) is 0 Å². The van der Waals surface area contributed by atoms with E-state index in [1.807, 2.05) is 32.8 Å². The van der Waals surface area contributed by atoms with E-state index in [2.05, 4.69) is 20.3 Å². The molecule has 0 atom stereocenters. The monoisotopic (exact) mass is 236 g/mol. The molecule has 0 unspecified atom stereocenters. The number of nitrogens with zero attached hydrogens (tertiary/aromatic N) is 6. The van der Waals surface area contributed by atoms with E-state index in [1.165, 1.54) is 0 Å². The molecule has 2 heterocycles. The Balaban J connectivity index is 2.72.